The summed E-state index contributed by atoms with van der Waals surface area (Å²) in [4.78, 5) is 0. The number of methoxy groups -OCH3 is 1. The zero-order valence-corrected chi connectivity index (χ0v) is 11.4. The molecule has 0 saturated heterocycles. The number of nitrogens with zero attached hydrogens (tertiary/aromatic N) is 2. The minimum absolute atomic E-state index is 0.0952. The molecule has 102 valence electrons. The van der Waals surface area contributed by atoms with Gasteiger partial charge in [-0.15, -0.1) is 0 Å². The highest BCUT2D eigenvalue weighted by Crippen LogP contribution is 2.23. The molecule has 2 N–H and O–H groups in total. The number of anilines is 1. The highest BCUT2D eigenvalue weighted by Gasteiger charge is 2.01. The third-order valence-corrected chi connectivity index (χ3v) is 2.97. The van der Waals surface area contributed by atoms with Crippen LogP contribution in [-0.2, 0) is 17.8 Å². The van der Waals surface area contributed by atoms with Crippen molar-refractivity contribution in [3.8, 4) is 5.75 Å². The van der Waals surface area contributed by atoms with E-state index in [1.165, 1.54) is 0 Å². The lowest BCUT2D eigenvalue weighted by Crippen LogP contribution is -2.04. The van der Waals surface area contributed by atoms with E-state index in [2.05, 4.69) is 10.4 Å². The maximum Gasteiger partial charge on any atom is 0.134 e. The van der Waals surface area contributed by atoms with E-state index >= 15 is 0 Å². The van der Waals surface area contributed by atoms with Gasteiger partial charge in [0.25, 0.3) is 0 Å². The van der Waals surface area contributed by atoms with Gasteiger partial charge in [-0.1, -0.05) is 17.7 Å². The number of phenols is 1. The van der Waals surface area contributed by atoms with Gasteiger partial charge in [-0.25, -0.2) is 0 Å². The van der Waals surface area contributed by atoms with Crippen LogP contribution >= 0.6 is 11.6 Å². The van der Waals surface area contributed by atoms with Gasteiger partial charge in [-0.2, -0.15) is 5.10 Å². The number of nitrogens with one attached hydrogen (secondary N) is 1. The average molecular weight is 282 g/mol. The lowest BCUT2D eigenvalue weighted by Gasteiger charge is -2.05. The molecule has 1 heterocycles. The number of aromatic hydroxyl groups is 1. The summed E-state index contributed by atoms with van der Waals surface area (Å²) in [6, 6.07) is 5.14. The zero-order valence-electron chi connectivity index (χ0n) is 10.6. The summed E-state index contributed by atoms with van der Waals surface area (Å²) < 4.78 is 6.80. The Morgan fingerprint density at radius 2 is 2.32 bits per heavy atom. The number of aromatic nitrogens is 2. The lowest BCUT2D eigenvalue weighted by molar-refractivity contribution is 0.183. The van der Waals surface area contributed by atoms with Crippen molar-refractivity contribution in [2.75, 3.05) is 19.0 Å². The van der Waals surface area contributed by atoms with Crippen LogP contribution in [0.2, 0.25) is 5.02 Å². The molecule has 1 aromatic carbocycles. The number of benzene rings is 1. The minimum Gasteiger partial charge on any atom is -0.506 e. The number of halogens is 1. The number of hydrogen-bond acceptors (Lipinski definition) is 4. The summed E-state index contributed by atoms with van der Waals surface area (Å²) in [5, 5.41) is 17.1. The van der Waals surface area contributed by atoms with Gasteiger partial charge < -0.3 is 15.2 Å². The zero-order chi connectivity index (χ0) is 13.7. The highest BCUT2D eigenvalue weighted by molar-refractivity contribution is 6.32. The van der Waals surface area contributed by atoms with Crippen LogP contribution in [0.1, 0.15) is 5.56 Å². The van der Waals surface area contributed by atoms with Crippen LogP contribution in [0.15, 0.2) is 30.6 Å². The van der Waals surface area contributed by atoms with Gasteiger partial charge in [0, 0.05) is 19.9 Å². The molecule has 0 bridgehead atoms. The van der Waals surface area contributed by atoms with Gasteiger partial charge in [0.15, 0.2) is 0 Å². The average Bonchev–Trinajstić information content (AvgIpc) is 2.86. The first-order chi connectivity index (χ1) is 9.19. The maximum absolute atomic E-state index is 9.34. The molecular weight excluding hydrogens is 266 g/mol. The fourth-order valence-electron chi connectivity index (χ4n) is 1.63. The summed E-state index contributed by atoms with van der Waals surface area (Å²) >= 11 is 5.85. The topological polar surface area (TPSA) is 59.3 Å². The normalized spacial score (nSPS) is 10.6. The van der Waals surface area contributed by atoms with E-state index in [-0.39, 0.29) is 5.75 Å². The van der Waals surface area contributed by atoms with Crippen LogP contribution in [0.5, 0.6) is 5.75 Å². The van der Waals surface area contributed by atoms with Crippen molar-refractivity contribution < 1.29 is 9.84 Å². The van der Waals surface area contributed by atoms with Crippen LogP contribution in [0, 0.1) is 0 Å². The Morgan fingerprint density at radius 3 is 3.05 bits per heavy atom. The molecule has 0 aliphatic rings. The second-order valence-electron chi connectivity index (χ2n) is 4.12. The van der Waals surface area contributed by atoms with Gasteiger partial charge in [0.2, 0.25) is 0 Å². The van der Waals surface area contributed by atoms with Crippen molar-refractivity contribution in [1.82, 2.24) is 9.78 Å². The van der Waals surface area contributed by atoms with Crippen LogP contribution in [0.4, 0.5) is 5.69 Å². The molecule has 19 heavy (non-hydrogen) atoms. The van der Waals surface area contributed by atoms with Crippen molar-refractivity contribution >= 4 is 17.3 Å². The number of phenolic OH excluding ortho intramolecular Hbond substituents is 1. The molecule has 0 aliphatic heterocycles. The van der Waals surface area contributed by atoms with E-state index < -0.39 is 0 Å². The monoisotopic (exact) mass is 281 g/mol. The third-order valence-electron chi connectivity index (χ3n) is 2.67. The van der Waals surface area contributed by atoms with Gasteiger partial charge in [0.1, 0.15) is 5.75 Å². The van der Waals surface area contributed by atoms with Crippen LogP contribution in [-0.4, -0.2) is 28.6 Å². The first kappa shape index (κ1) is 13.7. The maximum atomic E-state index is 9.34. The Hall–Kier alpha value is -1.72. The Balaban J connectivity index is 1.91. The Bertz CT molecular complexity index is 542. The molecule has 1 aromatic heterocycles. The van der Waals surface area contributed by atoms with E-state index in [1.807, 2.05) is 16.9 Å². The Labute approximate surface area is 116 Å². The smallest absolute Gasteiger partial charge is 0.134 e. The second-order valence-corrected chi connectivity index (χ2v) is 4.53. The molecule has 2 rings (SSSR count). The number of ether oxygens (including phenoxy) is 1. The van der Waals surface area contributed by atoms with E-state index in [0.717, 1.165) is 17.8 Å². The van der Waals surface area contributed by atoms with E-state index in [4.69, 9.17) is 16.3 Å². The van der Waals surface area contributed by atoms with Crippen molar-refractivity contribution in [1.29, 1.82) is 0 Å². The van der Waals surface area contributed by atoms with Crippen molar-refractivity contribution in [2.45, 2.75) is 13.1 Å². The van der Waals surface area contributed by atoms with Crippen LogP contribution < -0.4 is 5.32 Å². The molecule has 0 unspecified atom stereocenters. The van der Waals surface area contributed by atoms with Crippen LogP contribution in [0.25, 0.3) is 0 Å². The van der Waals surface area contributed by atoms with Crippen molar-refractivity contribution in [3.63, 3.8) is 0 Å². The lowest BCUT2D eigenvalue weighted by atomic mass is 10.2. The molecule has 0 spiro atoms. The standard InChI is InChI=1S/C13H16ClN3O2/c1-19-5-4-17-9-11(8-16-17)15-7-10-2-3-13(18)12(14)6-10/h2-3,6,8-9,15,18H,4-5,7H2,1H3. The molecule has 0 aliphatic carbocycles. The second kappa shape index (κ2) is 6.45. The molecule has 5 nitrogen and oxygen atoms in total. The fraction of sp³-hybridized carbons (Fsp3) is 0.308. The first-order valence-corrected chi connectivity index (χ1v) is 6.29. The molecule has 2 aromatic rings. The Morgan fingerprint density at radius 1 is 1.47 bits per heavy atom. The molecule has 0 amide bonds. The first-order valence-electron chi connectivity index (χ1n) is 5.91. The summed E-state index contributed by atoms with van der Waals surface area (Å²) in [7, 11) is 1.66. The van der Waals surface area contributed by atoms with Gasteiger partial charge >= 0.3 is 0 Å². The number of hydrogen-bond donors (Lipinski definition) is 2. The highest BCUT2D eigenvalue weighted by atomic mass is 35.5. The fourth-order valence-corrected chi connectivity index (χ4v) is 1.83. The SMILES string of the molecule is COCCn1cc(NCc2ccc(O)c(Cl)c2)cn1. The van der Waals surface area contributed by atoms with Crippen LogP contribution in [0.3, 0.4) is 0 Å². The number of rotatable bonds is 6. The quantitative estimate of drug-likeness (QED) is 0.854. The van der Waals surface area contributed by atoms with Gasteiger partial charge in [-0.05, 0) is 17.7 Å². The molecule has 0 radical (unpaired) electrons. The summed E-state index contributed by atoms with van der Waals surface area (Å²) in [5.41, 5.74) is 1.92. The third kappa shape index (κ3) is 3.87. The van der Waals surface area contributed by atoms with E-state index in [0.29, 0.717) is 18.2 Å². The minimum atomic E-state index is 0.0952. The molecule has 0 saturated carbocycles. The van der Waals surface area contributed by atoms with Gasteiger partial charge in [0.05, 0.1) is 30.1 Å². The van der Waals surface area contributed by atoms with Crippen molar-refractivity contribution in [3.05, 3.63) is 41.2 Å². The summed E-state index contributed by atoms with van der Waals surface area (Å²) in [6.45, 7) is 1.98. The van der Waals surface area contributed by atoms with E-state index in [9.17, 15) is 5.11 Å². The molecule has 6 heteroatoms. The largest absolute Gasteiger partial charge is 0.506 e. The van der Waals surface area contributed by atoms with Gasteiger partial charge in [-0.3, -0.25) is 4.68 Å². The summed E-state index contributed by atoms with van der Waals surface area (Å²) in [5.74, 6) is 0.0952. The van der Waals surface area contributed by atoms with E-state index in [1.54, 1.807) is 25.4 Å². The predicted molar refractivity (Wildman–Crippen MR) is 74.5 cm³/mol. The molecule has 0 atom stereocenters. The predicted octanol–water partition coefficient (Wildman–Crippen LogP) is 2.50. The van der Waals surface area contributed by atoms with Crippen molar-refractivity contribution in [2.24, 2.45) is 0 Å². The Kier molecular flexibility index (Phi) is 4.65. The summed E-state index contributed by atoms with van der Waals surface area (Å²) in [6.07, 6.45) is 3.68. The molecule has 0 fully saturated rings. The molecular formula is C13H16ClN3O2.